The number of aromatic nitrogens is 2. The minimum Gasteiger partial charge on any atom is -0.283 e. The Morgan fingerprint density at radius 3 is 2.22 bits per heavy atom. The zero-order valence-corrected chi connectivity index (χ0v) is 19.8. The maximum absolute atomic E-state index is 11.8. The number of hydrogen-bond acceptors (Lipinski definition) is 4. The fraction of sp³-hybridized carbons (Fsp3) is 0.550. The van der Waals surface area contributed by atoms with Gasteiger partial charge >= 0.3 is 0 Å². The van der Waals surface area contributed by atoms with Crippen molar-refractivity contribution in [3.63, 3.8) is 0 Å². The number of nitrogens with zero attached hydrogens (tertiary/aromatic N) is 3. The SMILES string of the molecule is CC.CC.CC1=CCN(P)CC1.CCS(=O)(=O)c1nn(C)c2ccccc12. The van der Waals surface area contributed by atoms with Crippen molar-refractivity contribution >= 4 is 30.1 Å². The van der Waals surface area contributed by atoms with Gasteiger partial charge in [0.25, 0.3) is 0 Å². The van der Waals surface area contributed by atoms with Gasteiger partial charge in [-0.1, -0.05) is 67.8 Å². The zero-order chi connectivity index (χ0) is 21.0. The van der Waals surface area contributed by atoms with Crippen molar-refractivity contribution in [3.8, 4) is 0 Å². The maximum atomic E-state index is 11.8. The lowest BCUT2D eigenvalue weighted by molar-refractivity contribution is 0.498. The van der Waals surface area contributed by atoms with E-state index in [2.05, 4.69) is 32.2 Å². The molecule has 0 saturated heterocycles. The van der Waals surface area contributed by atoms with Crippen LogP contribution in [-0.2, 0) is 16.9 Å². The number of para-hydroxylation sites is 1. The lowest BCUT2D eigenvalue weighted by Crippen LogP contribution is -2.17. The number of benzene rings is 1. The average Bonchev–Trinajstić information content (AvgIpc) is 3.06. The van der Waals surface area contributed by atoms with Gasteiger partial charge in [-0.3, -0.25) is 9.35 Å². The highest BCUT2D eigenvalue weighted by atomic mass is 32.2. The Bertz CT molecular complexity index is 814. The van der Waals surface area contributed by atoms with E-state index in [1.54, 1.807) is 24.7 Å². The summed E-state index contributed by atoms with van der Waals surface area (Å²) in [4.78, 5) is 0. The lowest BCUT2D eigenvalue weighted by atomic mass is 10.1. The van der Waals surface area contributed by atoms with Gasteiger partial charge in [0.15, 0.2) is 14.9 Å². The van der Waals surface area contributed by atoms with E-state index in [-0.39, 0.29) is 10.8 Å². The van der Waals surface area contributed by atoms with Gasteiger partial charge in [-0.2, -0.15) is 5.10 Å². The molecule has 1 atom stereocenters. The highest BCUT2D eigenvalue weighted by molar-refractivity contribution is 7.91. The van der Waals surface area contributed by atoms with E-state index in [4.69, 9.17) is 0 Å². The molecule has 2 heterocycles. The first-order chi connectivity index (χ1) is 12.8. The van der Waals surface area contributed by atoms with Gasteiger partial charge in [0.2, 0.25) is 0 Å². The molecule has 0 aliphatic carbocycles. The smallest absolute Gasteiger partial charge is 0.197 e. The van der Waals surface area contributed by atoms with Crippen molar-refractivity contribution in [2.24, 2.45) is 7.05 Å². The summed E-state index contributed by atoms with van der Waals surface area (Å²) in [5.74, 6) is 0.0774. The minimum atomic E-state index is -3.24. The zero-order valence-electron chi connectivity index (χ0n) is 17.9. The van der Waals surface area contributed by atoms with Crippen LogP contribution in [0.2, 0.25) is 0 Å². The topological polar surface area (TPSA) is 55.2 Å². The molecule has 0 N–H and O–H groups in total. The second kappa shape index (κ2) is 13.0. The molecule has 27 heavy (non-hydrogen) atoms. The van der Waals surface area contributed by atoms with Crippen LogP contribution in [0.25, 0.3) is 10.9 Å². The highest BCUT2D eigenvalue weighted by Crippen LogP contribution is 2.22. The van der Waals surface area contributed by atoms with E-state index in [0.29, 0.717) is 5.39 Å². The first kappa shape index (κ1) is 25.8. The number of aryl methyl sites for hydroxylation is 1. The molecule has 3 rings (SSSR count). The van der Waals surface area contributed by atoms with Crippen molar-refractivity contribution in [2.75, 3.05) is 18.8 Å². The summed E-state index contributed by atoms with van der Waals surface area (Å²) in [5, 5.41) is 4.94. The summed E-state index contributed by atoms with van der Waals surface area (Å²) in [6.45, 7) is 14.1. The van der Waals surface area contributed by atoms with E-state index in [0.717, 1.165) is 12.1 Å². The van der Waals surface area contributed by atoms with Crippen LogP contribution in [0.1, 0.15) is 48.0 Å². The molecule has 7 heteroatoms. The summed E-state index contributed by atoms with van der Waals surface area (Å²) in [5.41, 5.74) is 2.37. The molecule has 1 aromatic carbocycles. The first-order valence-electron chi connectivity index (χ1n) is 9.65. The molecule has 0 spiro atoms. The van der Waals surface area contributed by atoms with Crippen LogP contribution in [-0.4, -0.2) is 41.7 Å². The molecular formula is C20H36N3O2PS. The third-order valence-electron chi connectivity index (χ3n) is 3.87. The Morgan fingerprint density at radius 1 is 1.15 bits per heavy atom. The Morgan fingerprint density at radius 2 is 1.74 bits per heavy atom. The predicted molar refractivity (Wildman–Crippen MR) is 121 cm³/mol. The fourth-order valence-corrected chi connectivity index (χ4v) is 3.60. The van der Waals surface area contributed by atoms with Crippen molar-refractivity contribution in [1.82, 2.24) is 14.5 Å². The standard InChI is InChI=1S/C10H12N2O2S.C6H12NP.2C2H6/c1-3-15(13,14)10-8-6-4-5-7-9(8)12(2)11-10;1-6-2-4-7(8)5-3-6;2*1-2/h4-7H,3H2,1-2H3;2H,3-5,8H2,1H3;2*1-2H3. The lowest BCUT2D eigenvalue weighted by Gasteiger charge is -2.19. The van der Waals surface area contributed by atoms with Crippen molar-refractivity contribution in [1.29, 1.82) is 0 Å². The second-order valence-corrected chi connectivity index (χ2v) is 8.57. The Hall–Kier alpha value is -1.23. The third kappa shape index (κ3) is 7.73. The van der Waals surface area contributed by atoms with Gasteiger partial charge in [0, 0.05) is 25.5 Å². The van der Waals surface area contributed by atoms with Gasteiger partial charge in [0.05, 0.1) is 11.3 Å². The molecule has 0 bridgehead atoms. The van der Waals surface area contributed by atoms with Gasteiger partial charge in [-0.25, -0.2) is 8.42 Å². The van der Waals surface area contributed by atoms with E-state index < -0.39 is 9.84 Å². The van der Waals surface area contributed by atoms with Crippen LogP contribution >= 0.6 is 9.39 Å². The first-order valence-corrected chi connectivity index (χ1v) is 11.8. The highest BCUT2D eigenvalue weighted by Gasteiger charge is 2.19. The van der Waals surface area contributed by atoms with Crippen LogP contribution < -0.4 is 0 Å². The summed E-state index contributed by atoms with van der Waals surface area (Å²) >= 11 is 0. The van der Waals surface area contributed by atoms with Crippen LogP contribution in [0.5, 0.6) is 0 Å². The van der Waals surface area contributed by atoms with Crippen molar-refractivity contribution < 1.29 is 8.42 Å². The summed E-state index contributed by atoms with van der Waals surface area (Å²) in [6.07, 6.45) is 3.51. The van der Waals surface area contributed by atoms with Crippen LogP contribution in [0, 0.1) is 0 Å². The fourth-order valence-electron chi connectivity index (χ4n) is 2.33. The minimum absolute atomic E-state index is 0.0774. The van der Waals surface area contributed by atoms with Gasteiger partial charge in [-0.05, 0) is 25.5 Å². The summed E-state index contributed by atoms with van der Waals surface area (Å²) in [7, 11) is 1.22. The van der Waals surface area contributed by atoms with Gasteiger partial charge < -0.3 is 0 Å². The summed E-state index contributed by atoms with van der Waals surface area (Å²) in [6, 6.07) is 7.33. The van der Waals surface area contributed by atoms with E-state index in [1.807, 2.05) is 45.9 Å². The molecule has 0 amide bonds. The van der Waals surface area contributed by atoms with E-state index >= 15 is 0 Å². The largest absolute Gasteiger partial charge is 0.283 e. The second-order valence-electron chi connectivity index (χ2n) is 5.64. The molecule has 154 valence electrons. The molecule has 1 aliphatic rings. The normalized spacial score (nSPS) is 14.0. The number of rotatable bonds is 2. The molecule has 1 aliphatic heterocycles. The van der Waals surface area contributed by atoms with Crippen LogP contribution in [0.15, 0.2) is 40.9 Å². The molecule has 1 aromatic heterocycles. The molecule has 0 radical (unpaired) electrons. The average molecular weight is 414 g/mol. The third-order valence-corrected chi connectivity index (χ3v) is 5.99. The van der Waals surface area contributed by atoms with Gasteiger partial charge in [-0.15, -0.1) is 0 Å². The van der Waals surface area contributed by atoms with E-state index in [1.165, 1.54) is 18.5 Å². The quantitative estimate of drug-likeness (QED) is 0.522. The number of sulfone groups is 1. The van der Waals surface area contributed by atoms with Gasteiger partial charge in [0.1, 0.15) is 0 Å². The maximum Gasteiger partial charge on any atom is 0.197 e. The summed E-state index contributed by atoms with van der Waals surface area (Å²) < 4.78 is 27.3. The molecule has 1 unspecified atom stereocenters. The van der Waals surface area contributed by atoms with Crippen LogP contribution in [0.3, 0.4) is 0 Å². The van der Waals surface area contributed by atoms with E-state index in [9.17, 15) is 8.42 Å². The molecule has 0 fully saturated rings. The predicted octanol–water partition coefficient (Wildman–Crippen LogP) is 4.85. The molecule has 0 saturated carbocycles. The van der Waals surface area contributed by atoms with Crippen molar-refractivity contribution in [2.45, 2.75) is 53.0 Å². The Balaban J connectivity index is 0.000000477. The molecule has 5 nitrogen and oxygen atoms in total. The monoisotopic (exact) mass is 413 g/mol. The Labute approximate surface area is 168 Å². The number of hydrogen-bond donors (Lipinski definition) is 0. The van der Waals surface area contributed by atoms with Crippen molar-refractivity contribution in [3.05, 3.63) is 35.9 Å². The molecule has 2 aromatic rings. The molecular weight excluding hydrogens is 377 g/mol. The van der Waals surface area contributed by atoms with Crippen LogP contribution in [0.4, 0.5) is 0 Å². The Kier molecular flexibility index (Phi) is 12.4. The number of fused-ring (bicyclic) bond motifs is 1.